The second-order valence-electron chi connectivity index (χ2n) is 6.76. The van der Waals surface area contributed by atoms with Crippen molar-refractivity contribution in [1.82, 2.24) is 9.62 Å². The molecule has 0 atom stereocenters. The first-order chi connectivity index (χ1) is 12.5. The Morgan fingerprint density at radius 2 is 1.74 bits per heavy atom. The van der Waals surface area contributed by atoms with Crippen LogP contribution >= 0.6 is 0 Å². The molecule has 0 heterocycles. The Kier molecular flexibility index (Phi) is 6.74. The summed E-state index contributed by atoms with van der Waals surface area (Å²) in [7, 11) is -2.37. The Morgan fingerprint density at radius 3 is 2.26 bits per heavy atom. The number of carbonyl (C=O) groups is 1. The molecule has 2 rings (SSSR count). The first kappa shape index (κ1) is 21.5. The van der Waals surface area contributed by atoms with Gasteiger partial charge in [-0.15, -0.1) is 13.2 Å². The highest BCUT2D eigenvalue weighted by molar-refractivity contribution is 7.89. The van der Waals surface area contributed by atoms with E-state index < -0.39 is 28.7 Å². The second kappa shape index (κ2) is 8.47. The SMILES string of the molecule is CC1CCC(N(C)C(=O)CNS(=O)(=O)c2ccc(OC(F)(F)F)cc2)CC1. The van der Waals surface area contributed by atoms with Crippen LogP contribution in [0.1, 0.15) is 32.6 Å². The number of sulfonamides is 1. The summed E-state index contributed by atoms with van der Waals surface area (Å²) in [4.78, 5) is 13.6. The number of halogens is 3. The highest BCUT2D eigenvalue weighted by Crippen LogP contribution is 2.26. The predicted octanol–water partition coefficient (Wildman–Crippen LogP) is 2.90. The van der Waals surface area contributed by atoms with Crippen molar-refractivity contribution >= 4 is 15.9 Å². The van der Waals surface area contributed by atoms with Crippen LogP contribution in [0.4, 0.5) is 13.2 Å². The molecule has 1 fully saturated rings. The molecule has 1 N–H and O–H groups in total. The Bertz CT molecular complexity index is 742. The van der Waals surface area contributed by atoms with Crippen LogP contribution in [0.3, 0.4) is 0 Å². The molecule has 0 aromatic heterocycles. The summed E-state index contributed by atoms with van der Waals surface area (Å²) in [5.41, 5.74) is 0. The Balaban J connectivity index is 1.92. The summed E-state index contributed by atoms with van der Waals surface area (Å²) in [6.07, 6.45) is -1.03. The van der Waals surface area contributed by atoms with Gasteiger partial charge in [0.1, 0.15) is 5.75 Å². The van der Waals surface area contributed by atoms with Crippen molar-refractivity contribution in [1.29, 1.82) is 0 Å². The summed E-state index contributed by atoms with van der Waals surface area (Å²) in [5.74, 6) is -0.244. The van der Waals surface area contributed by atoms with E-state index in [0.29, 0.717) is 5.92 Å². The number of hydrogen-bond donors (Lipinski definition) is 1. The number of ether oxygens (including phenoxy) is 1. The van der Waals surface area contributed by atoms with Gasteiger partial charge in [-0.25, -0.2) is 13.1 Å². The molecule has 27 heavy (non-hydrogen) atoms. The highest BCUT2D eigenvalue weighted by atomic mass is 32.2. The van der Waals surface area contributed by atoms with E-state index in [2.05, 4.69) is 16.4 Å². The summed E-state index contributed by atoms with van der Waals surface area (Å²) < 4.78 is 66.8. The van der Waals surface area contributed by atoms with E-state index in [4.69, 9.17) is 0 Å². The zero-order chi connectivity index (χ0) is 20.2. The maximum absolute atomic E-state index is 12.3. The molecular weight excluding hydrogens is 385 g/mol. The molecule has 0 saturated heterocycles. The van der Waals surface area contributed by atoms with Crippen molar-refractivity contribution in [2.45, 2.75) is 49.9 Å². The van der Waals surface area contributed by atoms with E-state index in [1.54, 1.807) is 11.9 Å². The molecule has 1 aromatic carbocycles. The Hall–Kier alpha value is -1.81. The number of hydrogen-bond acceptors (Lipinski definition) is 4. The zero-order valence-corrected chi connectivity index (χ0v) is 15.9. The van der Waals surface area contributed by atoms with Gasteiger partial charge in [0.2, 0.25) is 15.9 Å². The van der Waals surface area contributed by atoms with Gasteiger partial charge in [0, 0.05) is 13.1 Å². The van der Waals surface area contributed by atoms with Gasteiger partial charge >= 0.3 is 6.36 Å². The number of alkyl halides is 3. The maximum Gasteiger partial charge on any atom is 0.573 e. The molecule has 10 heteroatoms. The van der Waals surface area contributed by atoms with E-state index >= 15 is 0 Å². The highest BCUT2D eigenvalue weighted by Gasteiger charge is 2.31. The topological polar surface area (TPSA) is 75.7 Å². The number of amides is 1. The average molecular weight is 408 g/mol. The number of nitrogens with zero attached hydrogens (tertiary/aromatic N) is 1. The number of carbonyl (C=O) groups excluding carboxylic acids is 1. The van der Waals surface area contributed by atoms with Crippen molar-refractivity contribution in [2.24, 2.45) is 5.92 Å². The lowest BCUT2D eigenvalue weighted by Crippen LogP contribution is -2.44. The predicted molar refractivity (Wildman–Crippen MR) is 92.5 cm³/mol. The monoisotopic (exact) mass is 408 g/mol. The largest absolute Gasteiger partial charge is 0.573 e. The third-order valence-corrected chi connectivity index (χ3v) is 6.12. The van der Waals surface area contributed by atoms with E-state index in [1.807, 2.05) is 0 Å². The lowest BCUT2D eigenvalue weighted by atomic mass is 9.87. The lowest BCUT2D eigenvalue weighted by Gasteiger charge is -2.33. The van der Waals surface area contributed by atoms with Crippen molar-refractivity contribution in [3.63, 3.8) is 0 Å². The van der Waals surface area contributed by atoms with Gasteiger partial charge in [-0.3, -0.25) is 4.79 Å². The molecule has 1 aliphatic carbocycles. The zero-order valence-electron chi connectivity index (χ0n) is 15.1. The summed E-state index contributed by atoms with van der Waals surface area (Å²) in [6, 6.07) is 3.87. The molecule has 1 aromatic rings. The van der Waals surface area contributed by atoms with Crippen LogP contribution in [0.2, 0.25) is 0 Å². The smallest absolute Gasteiger partial charge is 0.406 e. The van der Waals surface area contributed by atoms with Gasteiger partial charge < -0.3 is 9.64 Å². The van der Waals surface area contributed by atoms with Crippen molar-refractivity contribution in [3.05, 3.63) is 24.3 Å². The van der Waals surface area contributed by atoms with Crippen LogP contribution in [-0.2, 0) is 14.8 Å². The van der Waals surface area contributed by atoms with E-state index in [1.165, 1.54) is 0 Å². The van der Waals surface area contributed by atoms with Crippen LogP contribution in [0, 0.1) is 5.92 Å². The van der Waals surface area contributed by atoms with E-state index in [9.17, 15) is 26.4 Å². The summed E-state index contributed by atoms with van der Waals surface area (Å²) in [5, 5.41) is 0. The minimum atomic E-state index is -4.85. The normalized spacial score (nSPS) is 20.9. The fraction of sp³-hybridized carbons (Fsp3) is 0.588. The van der Waals surface area contributed by atoms with E-state index in [-0.39, 0.29) is 16.8 Å². The van der Waals surface area contributed by atoms with Crippen LogP contribution in [0.5, 0.6) is 5.75 Å². The quantitative estimate of drug-likeness (QED) is 0.785. The van der Waals surface area contributed by atoms with Crippen molar-refractivity contribution in [3.8, 4) is 5.75 Å². The van der Waals surface area contributed by atoms with Gasteiger partial charge in [-0.2, -0.15) is 0 Å². The molecule has 152 valence electrons. The van der Waals surface area contributed by atoms with Crippen LogP contribution < -0.4 is 9.46 Å². The molecule has 0 unspecified atom stereocenters. The van der Waals surface area contributed by atoms with Gasteiger partial charge in [-0.1, -0.05) is 6.92 Å². The fourth-order valence-electron chi connectivity index (χ4n) is 3.02. The van der Waals surface area contributed by atoms with Gasteiger partial charge in [0.15, 0.2) is 0 Å². The van der Waals surface area contributed by atoms with Gasteiger partial charge in [0.25, 0.3) is 0 Å². The molecule has 1 saturated carbocycles. The van der Waals surface area contributed by atoms with Gasteiger partial charge in [-0.05, 0) is 55.9 Å². The van der Waals surface area contributed by atoms with Crippen molar-refractivity contribution < 1.29 is 31.1 Å². The second-order valence-corrected chi connectivity index (χ2v) is 8.53. The minimum Gasteiger partial charge on any atom is -0.406 e. The molecule has 6 nitrogen and oxygen atoms in total. The third kappa shape index (κ3) is 6.39. The minimum absolute atomic E-state index is 0.0944. The molecule has 1 aliphatic rings. The number of benzene rings is 1. The average Bonchev–Trinajstić information content (AvgIpc) is 2.59. The molecule has 0 aliphatic heterocycles. The van der Waals surface area contributed by atoms with Crippen LogP contribution in [0.15, 0.2) is 29.2 Å². The van der Waals surface area contributed by atoms with Gasteiger partial charge in [0.05, 0.1) is 11.4 Å². The number of likely N-dealkylation sites (N-methyl/N-ethyl adjacent to an activating group) is 1. The van der Waals surface area contributed by atoms with Crippen LogP contribution in [0.25, 0.3) is 0 Å². The molecule has 1 amide bonds. The molecule has 0 bridgehead atoms. The first-order valence-corrected chi connectivity index (χ1v) is 10.1. The first-order valence-electron chi connectivity index (χ1n) is 8.59. The fourth-order valence-corrected chi connectivity index (χ4v) is 3.99. The van der Waals surface area contributed by atoms with E-state index in [0.717, 1.165) is 49.9 Å². The third-order valence-electron chi connectivity index (χ3n) is 4.71. The molecular formula is C17H23F3N2O4S. The molecule has 0 spiro atoms. The standard InChI is InChI=1S/C17H23F3N2O4S/c1-12-3-5-13(6-4-12)22(2)16(23)11-21-27(24,25)15-9-7-14(8-10-15)26-17(18,19)20/h7-10,12-13,21H,3-6,11H2,1-2H3. The Morgan fingerprint density at radius 1 is 1.19 bits per heavy atom. The lowest BCUT2D eigenvalue weighted by molar-refractivity contribution is -0.274. The summed E-state index contributed by atoms with van der Waals surface area (Å²) >= 11 is 0. The van der Waals surface area contributed by atoms with Crippen LogP contribution in [-0.4, -0.2) is 45.2 Å². The maximum atomic E-state index is 12.3. The van der Waals surface area contributed by atoms with Crippen molar-refractivity contribution in [2.75, 3.05) is 13.6 Å². The Labute approximate surface area is 156 Å². The number of nitrogens with one attached hydrogen (secondary N) is 1. The number of rotatable bonds is 6. The molecule has 0 radical (unpaired) electrons. The summed E-state index contributed by atoms with van der Waals surface area (Å²) in [6.45, 7) is 1.75.